The Hall–Kier alpha value is -2.83. The summed E-state index contributed by atoms with van der Waals surface area (Å²) in [6.07, 6.45) is 0. The van der Waals surface area contributed by atoms with Crippen molar-refractivity contribution in [2.45, 2.75) is 13.8 Å². The molecule has 0 saturated heterocycles. The molecule has 0 aliphatic carbocycles. The highest BCUT2D eigenvalue weighted by atomic mass is 16.1. The Morgan fingerprint density at radius 3 is 2.64 bits per heavy atom. The second-order valence-corrected chi connectivity index (χ2v) is 5.88. The van der Waals surface area contributed by atoms with Gasteiger partial charge in [-0.15, -0.1) is 0 Å². The van der Waals surface area contributed by atoms with Crippen LogP contribution in [0.4, 0.5) is 17.5 Å². The van der Waals surface area contributed by atoms with Crippen molar-refractivity contribution in [2.24, 2.45) is 0 Å². The number of anilines is 3. The predicted octanol–water partition coefficient (Wildman–Crippen LogP) is 2.12. The van der Waals surface area contributed by atoms with Crippen molar-refractivity contribution in [3.63, 3.8) is 0 Å². The molecule has 7 nitrogen and oxygen atoms in total. The van der Waals surface area contributed by atoms with Crippen LogP contribution in [0.3, 0.4) is 0 Å². The highest BCUT2D eigenvalue weighted by molar-refractivity contribution is 5.95. The topological polar surface area (TPSA) is 82.2 Å². The second kappa shape index (κ2) is 8.86. The van der Waals surface area contributed by atoms with E-state index >= 15 is 0 Å². The Kier molecular flexibility index (Phi) is 6.56. The first-order chi connectivity index (χ1) is 12.0. The van der Waals surface area contributed by atoms with Gasteiger partial charge in [-0.05, 0) is 32.0 Å². The van der Waals surface area contributed by atoms with Crippen molar-refractivity contribution in [3.05, 3.63) is 41.6 Å². The number of carbonyl (C=O) groups excluding carboxylic acids is 1. The zero-order valence-electron chi connectivity index (χ0n) is 15.3. The Morgan fingerprint density at radius 2 is 1.92 bits per heavy atom. The quantitative estimate of drug-likeness (QED) is 0.638. The van der Waals surface area contributed by atoms with Crippen LogP contribution in [0.15, 0.2) is 30.3 Å². The molecule has 0 aliphatic rings. The van der Waals surface area contributed by atoms with Crippen LogP contribution >= 0.6 is 0 Å². The van der Waals surface area contributed by atoms with E-state index in [1.807, 2.05) is 63.2 Å². The molecule has 1 heterocycles. The fourth-order valence-corrected chi connectivity index (χ4v) is 2.29. The summed E-state index contributed by atoms with van der Waals surface area (Å²) in [5, 5.41) is 9.21. The number of amides is 1. The van der Waals surface area contributed by atoms with Crippen molar-refractivity contribution in [3.8, 4) is 0 Å². The van der Waals surface area contributed by atoms with E-state index in [4.69, 9.17) is 0 Å². The van der Waals surface area contributed by atoms with Gasteiger partial charge in [0, 0.05) is 56.7 Å². The number of rotatable bonds is 8. The van der Waals surface area contributed by atoms with Gasteiger partial charge in [-0.1, -0.05) is 6.07 Å². The zero-order chi connectivity index (χ0) is 18.2. The van der Waals surface area contributed by atoms with Gasteiger partial charge in [-0.3, -0.25) is 4.79 Å². The average molecular weight is 342 g/mol. The van der Waals surface area contributed by atoms with Crippen LogP contribution in [-0.2, 0) is 0 Å². The first-order valence-corrected chi connectivity index (χ1v) is 8.38. The lowest BCUT2D eigenvalue weighted by molar-refractivity contribution is 0.0955. The minimum Gasteiger partial charge on any atom is -0.378 e. The third kappa shape index (κ3) is 5.63. The molecule has 7 heteroatoms. The number of aromatic nitrogens is 2. The smallest absolute Gasteiger partial charge is 0.251 e. The summed E-state index contributed by atoms with van der Waals surface area (Å²) in [6, 6.07) is 9.42. The van der Waals surface area contributed by atoms with Crippen LogP contribution in [0.25, 0.3) is 0 Å². The van der Waals surface area contributed by atoms with Crippen LogP contribution in [0.2, 0.25) is 0 Å². The van der Waals surface area contributed by atoms with Crippen LogP contribution in [-0.4, -0.2) is 49.6 Å². The Bertz CT molecular complexity index is 716. The molecule has 1 aromatic heterocycles. The van der Waals surface area contributed by atoms with Crippen molar-refractivity contribution in [1.82, 2.24) is 15.3 Å². The van der Waals surface area contributed by atoms with Gasteiger partial charge in [0.2, 0.25) is 5.95 Å². The summed E-state index contributed by atoms with van der Waals surface area (Å²) in [5.41, 5.74) is 2.54. The highest BCUT2D eigenvalue weighted by Gasteiger charge is 2.07. The molecule has 0 unspecified atom stereocenters. The van der Waals surface area contributed by atoms with E-state index in [2.05, 4.69) is 25.9 Å². The van der Waals surface area contributed by atoms with E-state index in [1.165, 1.54) is 0 Å². The SMILES string of the molecule is CCNc1nc(C)cc(NCCNC(=O)c2cccc(N(C)C)c2)n1. The lowest BCUT2D eigenvalue weighted by atomic mass is 10.2. The molecule has 134 valence electrons. The molecule has 0 fully saturated rings. The molecule has 0 spiro atoms. The molecule has 0 bridgehead atoms. The fraction of sp³-hybridized carbons (Fsp3) is 0.389. The molecule has 25 heavy (non-hydrogen) atoms. The summed E-state index contributed by atoms with van der Waals surface area (Å²) < 4.78 is 0. The number of aryl methyl sites for hydroxylation is 1. The van der Waals surface area contributed by atoms with E-state index in [1.54, 1.807) is 0 Å². The minimum absolute atomic E-state index is 0.0855. The van der Waals surface area contributed by atoms with Crippen LogP contribution in [0.5, 0.6) is 0 Å². The van der Waals surface area contributed by atoms with E-state index in [0.717, 1.165) is 23.7 Å². The van der Waals surface area contributed by atoms with E-state index in [0.29, 0.717) is 24.6 Å². The normalized spacial score (nSPS) is 10.2. The van der Waals surface area contributed by atoms with E-state index < -0.39 is 0 Å². The second-order valence-electron chi connectivity index (χ2n) is 5.88. The maximum Gasteiger partial charge on any atom is 0.251 e. The van der Waals surface area contributed by atoms with Crippen molar-refractivity contribution in [2.75, 3.05) is 49.3 Å². The molecule has 3 N–H and O–H groups in total. The van der Waals surface area contributed by atoms with Crippen LogP contribution in [0, 0.1) is 6.92 Å². The monoisotopic (exact) mass is 342 g/mol. The van der Waals surface area contributed by atoms with Gasteiger partial charge in [-0.2, -0.15) is 4.98 Å². The number of carbonyl (C=O) groups is 1. The lowest BCUT2D eigenvalue weighted by Crippen LogP contribution is -2.29. The first kappa shape index (κ1) is 18.5. The zero-order valence-corrected chi connectivity index (χ0v) is 15.3. The van der Waals surface area contributed by atoms with Crippen LogP contribution < -0.4 is 20.9 Å². The number of nitrogens with zero attached hydrogens (tertiary/aromatic N) is 3. The summed E-state index contributed by atoms with van der Waals surface area (Å²) in [4.78, 5) is 22.9. The van der Waals surface area contributed by atoms with Gasteiger partial charge in [0.25, 0.3) is 5.91 Å². The fourth-order valence-electron chi connectivity index (χ4n) is 2.29. The summed E-state index contributed by atoms with van der Waals surface area (Å²) in [6.45, 7) is 5.78. The van der Waals surface area contributed by atoms with Crippen molar-refractivity contribution < 1.29 is 4.79 Å². The van der Waals surface area contributed by atoms with Crippen molar-refractivity contribution >= 4 is 23.4 Å². The summed E-state index contributed by atoms with van der Waals surface area (Å²) in [5.74, 6) is 1.26. The number of hydrogen-bond acceptors (Lipinski definition) is 6. The summed E-state index contributed by atoms with van der Waals surface area (Å²) >= 11 is 0. The highest BCUT2D eigenvalue weighted by Crippen LogP contribution is 2.13. The average Bonchev–Trinajstić information content (AvgIpc) is 2.58. The number of hydrogen-bond donors (Lipinski definition) is 3. The van der Waals surface area contributed by atoms with Crippen LogP contribution in [0.1, 0.15) is 23.0 Å². The number of nitrogens with one attached hydrogen (secondary N) is 3. The van der Waals surface area contributed by atoms with Gasteiger partial charge in [0.15, 0.2) is 0 Å². The van der Waals surface area contributed by atoms with Gasteiger partial charge >= 0.3 is 0 Å². The molecule has 2 rings (SSSR count). The summed E-state index contributed by atoms with van der Waals surface area (Å²) in [7, 11) is 3.90. The number of benzene rings is 1. The molecule has 0 aliphatic heterocycles. The van der Waals surface area contributed by atoms with E-state index in [-0.39, 0.29) is 5.91 Å². The molecular weight excluding hydrogens is 316 g/mol. The Morgan fingerprint density at radius 1 is 1.12 bits per heavy atom. The van der Waals surface area contributed by atoms with Gasteiger partial charge in [0.1, 0.15) is 5.82 Å². The predicted molar refractivity (Wildman–Crippen MR) is 103 cm³/mol. The van der Waals surface area contributed by atoms with Gasteiger partial charge in [0.05, 0.1) is 0 Å². The third-order valence-electron chi connectivity index (χ3n) is 3.53. The first-order valence-electron chi connectivity index (χ1n) is 8.38. The lowest BCUT2D eigenvalue weighted by Gasteiger charge is -2.13. The standard InChI is InChI=1S/C18H26N6O/c1-5-19-18-22-13(2)11-16(23-18)20-9-10-21-17(25)14-7-6-8-15(12-14)24(3)4/h6-8,11-12H,5,9-10H2,1-4H3,(H,21,25)(H2,19,20,22,23). The molecule has 2 aromatic rings. The minimum atomic E-state index is -0.0855. The van der Waals surface area contributed by atoms with Gasteiger partial charge in [-0.25, -0.2) is 4.98 Å². The largest absolute Gasteiger partial charge is 0.378 e. The maximum atomic E-state index is 12.2. The molecule has 0 atom stereocenters. The molecule has 0 radical (unpaired) electrons. The van der Waals surface area contributed by atoms with Gasteiger partial charge < -0.3 is 20.9 Å². The Labute approximate surface area is 148 Å². The molecule has 0 saturated carbocycles. The molecule has 1 aromatic carbocycles. The Balaban J connectivity index is 1.85. The third-order valence-corrected chi connectivity index (χ3v) is 3.53. The molecule has 1 amide bonds. The van der Waals surface area contributed by atoms with Crippen molar-refractivity contribution in [1.29, 1.82) is 0 Å². The molecular formula is C18H26N6O. The van der Waals surface area contributed by atoms with E-state index in [9.17, 15) is 4.79 Å². The maximum absolute atomic E-state index is 12.2.